The maximum absolute atomic E-state index is 12.1. The summed E-state index contributed by atoms with van der Waals surface area (Å²) in [6, 6.07) is 11.1. The van der Waals surface area contributed by atoms with Crippen LogP contribution in [-0.4, -0.2) is 55.6 Å². The Morgan fingerprint density at radius 2 is 2.00 bits per heavy atom. The molecule has 1 heterocycles. The molecule has 160 valence electrons. The lowest BCUT2D eigenvalue weighted by molar-refractivity contribution is 0.0437. The number of guanidine groups is 1. The number of carbonyl (C=O) groups excluding carboxylic acids is 1. The molecule has 0 spiro atoms. The highest BCUT2D eigenvalue weighted by Gasteiger charge is 2.26. The van der Waals surface area contributed by atoms with Crippen LogP contribution in [0.4, 0.5) is 0 Å². The number of furan rings is 1. The van der Waals surface area contributed by atoms with Crippen LogP contribution >= 0.6 is 24.0 Å². The van der Waals surface area contributed by atoms with Crippen LogP contribution in [-0.2, 0) is 12.0 Å². The topological polar surface area (TPSA) is 90.1 Å². The van der Waals surface area contributed by atoms with Gasteiger partial charge >= 0.3 is 0 Å². The number of aliphatic imine (C=N–C) groups is 1. The Kier molecular flexibility index (Phi) is 10.2. The van der Waals surface area contributed by atoms with Crippen LogP contribution in [0.2, 0.25) is 0 Å². The summed E-state index contributed by atoms with van der Waals surface area (Å²) in [5.74, 6) is 1.09. The molecule has 3 N–H and O–H groups in total. The number of amides is 1. The van der Waals surface area contributed by atoms with Gasteiger partial charge in [-0.15, -0.1) is 24.0 Å². The molecule has 0 aliphatic rings. The van der Waals surface area contributed by atoms with E-state index in [2.05, 4.69) is 15.6 Å². The third-order valence-corrected chi connectivity index (χ3v) is 4.23. The fraction of sp³-hybridized carbons (Fsp3) is 0.429. The first kappa shape index (κ1) is 25.0. The van der Waals surface area contributed by atoms with E-state index in [0.717, 1.165) is 12.0 Å². The average molecular weight is 514 g/mol. The smallest absolute Gasteiger partial charge is 0.253 e. The fourth-order valence-electron chi connectivity index (χ4n) is 2.68. The quantitative estimate of drug-likeness (QED) is 0.286. The largest absolute Gasteiger partial charge is 0.466 e. The molecule has 0 fully saturated rings. The predicted molar refractivity (Wildman–Crippen MR) is 126 cm³/mol. The Morgan fingerprint density at radius 1 is 1.24 bits per heavy atom. The Balaban J connectivity index is 0.00000420. The Morgan fingerprint density at radius 3 is 2.62 bits per heavy atom. The lowest BCUT2D eigenvalue weighted by Crippen LogP contribution is -2.39. The van der Waals surface area contributed by atoms with Gasteiger partial charge in [0.1, 0.15) is 11.4 Å². The van der Waals surface area contributed by atoms with Crippen molar-refractivity contribution in [3.05, 3.63) is 59.5 Å². The minimum Gasteiger partial charge on any atom is -0.466 e. The third kappa shape index (κ3) is 7.69. The molecule has 29 heavy (non-hydrogen) atoms. The van der Waals surface area contributed by atoms with E-state index in [9.17, 15) is 9.90 Å². The van der Waals surface area contributed by atoms with E-state index in [0.29, 0.717) is 30.4 Å². The molecular formula is C21H31IN4O3. The van der Waals surface area contributed by atoms with Crippen LogP contribution in [0.25, 0.3) is 0 Å². The molecule has 7 nitrogen and oxygen atoms in total. The molecule has 1 amide bonds. The van der Waals surface area contributed by atoms with Crippen molar-refractivity contribution in [2.45, 2.75) is 25.9 Å². The van der Waals surface area contributed by atoms with Crippen LogP contribution in [0.1, 0.15) is 35.5 Å². The Bertz CT molecular complexity index is 789. The van der Waals surface area contributed by atoms with Gasteiger partial charge in [0.15, 0.2) is 5.96 Å². The van der Waals surface area contributed by atoms with E-state index in [-0.39, 0.29) is 36.4 Å². The van der Waals surface area contributed by atoms with Crippen LogP contribution in [0.3, 0.4) is 0 Å². The van der Waals surface area contributed by atoms with Gasteiger partial charge in [0, 0.05) is 32.7 Å². The highest BCUT2D eigenvalue weighted by Crippen LogP contribution is 2.21. The first-order valence-corrected chi connectivity index (χ1v) is 9.42. The van der Waals surface area contributed by atoms with Gasteiger partial charge in [-0.25, -0.2) is 4.99 Å². The van der Waals surface area contributed by atoms with E-state index in [4.69, 9.17) is 4.42 Å². The molecule has 0 saturated heterocycles. The lowest BCUT2D eigenvalue weighted by Gasteiger charge is -2.19. The number of nitrogens with zero attached hydrogens (tertiary/aromatic N) is 2. The van der Waals surface area contributed by atoms with E-state index < -0.39 is 5.60 Å². The van der Waals surface area contributed by atoms with Gasteiger partial charge in [0.05, 0.1) is 12.8 Å². The van der Waals surface area contributed by atoms with Gasteiger partial charge in [-0.05, 0) is 50.1 Å². The second kappa shape index (κ2) is 11.8. The van der Waals surface area contributed by atoms with Gasteiger partial charge in [-0.2, -0.15) is 0 Å². The summed E-state index contributed by atoms with van der Waals surface area (Å²) in [5.41, 5.74) is 0.573. The van der Waals surface area contributed by atoms with Crippen molar-refractivity contribution < 1.29 is 14.3 Å². The van der Waals surface area contributed by atoms with E-state index in [1.807, 2.05) is 31.2 Å². The summed E-state index contributed by atoms with van der Waals surface area (Å²) < 4.78 is 5.29. The summed E-state index contributed by atoms with van der Waals surface area (Å²) >= 11 is 0. The normalized spacial score (nSPS) is 13.2. The SMILES string of the molecule is CCNC(=NCC(C)(O)c1ccco1)NCCc1cccc(C(=O)N(C)C)c1.I. The summed E-state index contributed by atoms with van der Waals surface area (Å²) in [5, 5.41) is 17.0. The minimum atomic E-state index is -1.17. The first-order chi connectivity index (χ1) is 13.3. The van der Waals surface area contributed by atoms with Crippen molar-refractivity contribution in [2.24, 2.45) is 4.99 Å². The maximum atomic E-state index is 12.1. The molecule has 1 aromatic carbocycles. The summed E-state index contributed by atoms with van der Waals surface area (Å²) in [6.45, 7) is 5.18. The van der Waals surface area contributed by atoms with Crippen molar-refractivity contribution >= 4 is 35.8 Å². The number of benzene rings is 1. The van der Waals surface area contributed by atoms with Gasteiger partial charge in [0.2, 0.25) is 0 Å². The lowest BCUT2D eigenvalue weighted by atomic mass is 10.0. The molecule has 1 unspecified atom stereocenters. The number of aliphatic hydroxyl groups is 1. The van der Waals surface area contributed by atoms with Crippen LogP contribution < -0.4 is 10.6 Å². The van der Waals surface area contributed by atoms with Crippen LogP contribution in [0.15, 0.2) is 52.1 Å². The highest BCUT2D eigenvalue weighted by atomic mass is 127. The van der Waals surface area contributed by atoms with Crippen molar-refractivity contribution in [1.82, 2.24) is 15.5 Å². The molecular weight excluding hydrogens is 483 g/mol. The zero-order valence-electron chi connectivity index (χ0n) is 17.4. The van der Waals surface area contributed by atoms with Crippen molar-refractivity contribution in [3.63, 3.8) is 0 Å². The van der Waals surface area contributed by atoms with Crippen molar-refractivity contribution in [1.29, 1.82) is 0 Å². The zero-order chi connectivity index (χ0) is 20.6. The van der Waals surface area contributed by atoms with E-state index >= 15 is 0 Å². The number of hydrogen-bond donors (Lipinski definition) is 3. The molecule has 2 aromatic rings. The molecule has 0 saturated carbocycles. The second-order valence-electron chi connectivity index (χ2n) is 7.02. The maximum Gasteiger partial charge on any atom is 0.253 e. The van der Waals surface area contributed by atoms with E-state index in [1.165, 1.54) is 6.26 Å². The van der Waals surface area contributed by atoms with Gasteiger partial charge in [-0.1, -0.05) is 12.1 Å². The fourth-order valence-corrected chi connectivity index (χ4v) is 2.68. The molecule has 0 aliphatic heterocycles. The average Bonchev–Trinajstić information content (AvgIpc) is 3.21. The number of nitrogens with one attached hydrogen (secondary N) is 2. The monoisotopic (exact) mass is 514 g/mol. The third-order valence-electron chi connectivity index (χ3n) is 4.23. The zero-order valence-corrected chi connectivity index (χ0v) is 19.8. The Hall–Kier alpha value is -2.07. The standard InChI is InChI=1S/C21H30N4O3.HI/c1-5-22-20(24-15-21(2,27)18-10-7-13-28-18)23-12-11-16-8-6-9-17(14-16)19(26)25(3)4;/h6-10,13-14,27H,5,11-12,15H2,1-4H3,(H2,22,23,24);1H. The molecule has 0 radical (unpaired) electrons. The Labute approximate surface area is 189 Å². The second-order valence-corrected chi connectivity index (χ2v) is 7.02. The highest BCUT2D eigenvalue weighted by molar-refractivity contribution is 14.0. The first-order valence-electron chi connectivity index (χ1n) is 9.42. The van der Waals surface area contributed by atoms with Crippen LogP contribution in [0.5, 0.6) is 0 Å². The summed E-state index contributed by atoms with van der Waals surface area (Å²) in [6.07, 6.45) is 2.28. The molecule has 1 aromatic heterocycles. The van der Waals surface area contributed by atoms with Gasteiger partial charge in [0.25, 0.3) is 5.91 Å². The molecule has 8 heteroatoms. The predicted octanol–water partition coefficient (Wildman–Crippen LogP) is 2.60. The van der Waals surface area contributed by atoms with Crippen LogP contribution in [0, 0.1) is 0 Å². The number of carbonyl (C=O) groups is 1. The molecule has 0 bridgehead atoms. The minimum absolute atomic E-state index is 0. The number of hydrogen-bond acceptors (Lipinski definition) is 4. The molecule has 2 rings (SSSR count). The van der Waals surface area contributed by atoms with Gasteiger partial charge in [-0.3, -0.25) is 4.79 Å². The number of rotatable bonds is 8. The van der Waals surface area contributed by atoms with Crippen molar-refractivity contribution in [2.75, 3.05) is 33.7 Å². The van der Waals surface area contributed by atoms with E-state index in [1.54, 1.807) is 38.1 Å². The summed E-state index contributed by atoms with van der Waals surface area (Å²) in [4.78, 5) is 18.1. The van der Waals surface area contributed by atoms with Gasteiger partial charge < -0.3 is 25.1 Å². The number of halogens is 1. The molecule has 1 atom stereocenters. The van der Waals surface area contributed by atoms with Crippen molar-refractivity contribution in [3.8, 4) is 0 Å². The summed E-state index contributed by atoms with van der Waals surface area (Å²) in [7, 11) is 3.49. The molecule has 0 aliphatic carbocycles.